The molecule has 0 aliphatic carbocycles. The van der Waals surface area contributed by atoms with Crippen LogP contribution in [0.5, 0.6) is 0 Å². The molecule has 27 heavy (non-hydrogen) atoms. The molecule has 0 unspecified atom stereocenters. The van der Waals surface area contributed by atoms with E-state index in [1.54, 1.807) is 23.9 Å². The summed E-state index contributed by atoms with van der Waals surface area (Å²) in [7, 11) is 1.77. The van der Waals surface area contributed by atoms with Gasteiger partial charge in [-0.2, -0.15) is 0 Å². The van der Waals surface area contributed by atoms with Gasteiger partial charge >= 0.3 is 0 Å². The SMILES string of the molecule is Cn1c(N2CCN[C@@H](Cc3ccccc3)C2)nc(-c2ccncn2)cc1=O. The lowest BCUT2D eigenvalue weighted by Crippen LogP contribution is -2.53. The van der Waals surface area contributed by atoms with E-state index in [-0.39, 0.29) is 5.56 Å². The number of nitrogens with one attached hydrogen (secondary N) is 1. The molecule has 1 fully saturated rings. The third-order valence-electron chi connectivity index (χ3n) is 4.82. The minimum Gasteiger partial charge on any atom is -0.339 e. The van der Waals surface area contributed by atoms with Crippen molar-refractivity contribution in [1.29, 1.82) is 0 Å². The number of anilines is 1. The van der Waals surface area contributed by atoms with Gasteiger partial charge in [0, 0.05) is 45.0 Å². The van der Waals surface area contributed by atoms with E-state index in [1.165, 1.54) is 18.0 Å². The summed E-state index contributed by atoms with van der Waals surface area (Å²) in [5.41, 5.74) is 2.44. The monoisotopic (exact) mass is 362 g/mol. The van der Waals surface area contributed by atoms with Gasteiger partial charge in [0.15, 0.2) is 0 Å². The molecular weight excluding hydrogens is 340 g/mol. The molecule has 7 heteroatoms. The van der Waals surface area contributed by atoms with Crippen molar-refractivity contribution >= 4 is 5.95 Å². The van der Waals surface area contributed by atoms with Gasteiger partial charge in [-0.1, -0.05) is 30.3 Å². The van der Waals surface area contributed by atoms with Gasteiger partial charge in [0.25, 0.3) is 5.56 Å². The molecular formula is C20H22N6O. The zero-order valence-electron chi connectivity index (χ0n) is 15.2. The van der Waals surface area contributed by atoms with Crippen LogP contribution >= 0.6 is 0 Å². The third kappa shape index (κ3) is 3.88. The maximum Gasteiger partial charge on any atom is 0.255 e. The lowest BCUT2D eigenvalue weighted by Gasteiger charge is -2.35. The molecule has 3 aromatic rings. The second-order valence-electron chi connectivity index (χ2n) is 6.72. The summed E-state index contributed by atoms with van der Waals surface area (Å²) in [5, 5.41) is 3.57. The van der Waals surface area contributed by atoms with Gasteiger partial charge in [0.1, 0.15) is 6.33 Å². The minimum absolute atomic E-state index is 0.0910. The topological polar surface area (TPSA) is 75.9 Å². The normalized spacial score (nSPS) is 17.1. The van der Waals surface area contributed by atoms with Crippen molar-refractivity contribution in [1.82, 2.24) is 24.8 Å². The van der Waals surface area contributed by atoms with Crippen molar-refractivity contribution in [2.45, 2.75) is 12.5 Å². The van der Waals surface area contributed by atoms with Crippen LogP contribution in [0.1, 0.15) is 5.56 Å². The first-order valence-electron chi connectivity index (χ1n) is 9.07. The molecule has 4 rings (SSSR count). The van der Waals surface area contributed by atoms with Crippen molar-refractivity contribution in [3.63, 3.8) is 0 Å². The predicted octanol–water partition coefficient (Wildman–Crippen LogP) is 1.26. The minimum atomic E-state index is -0.0910. The molecule has 3 heterocycles. The lowest BCUT2D eigenvalue weighted by molar-refractivity contribution is 0.446. The Morgan fingerprint density at radius 3 is 2.81 bits per heavy atom. The van der Waals surface area contributed by atoms with Crippen LogP contribution < -0.4 is 15.8 Å². The summed E-state index contributed by atoms with van der Waals surface area (Å²) in [4.78, 5) is 27.6. The van der Waals surface area contributed by atoms with E-state index in [1.807, 2.05) is 6.07 Å². The van der Waals surface area contributed by atoms with Gasteiger partial charge < -0.3 is 10.2 Å². The van der Waals surface area contributed by atoms with Crippen molar-refractivity contribution in [2.75, 3.05) is 24.5 Å². The summed E-state index contributed by atoms with van der Waals surface area (Å²) in [6.45, 7) is 2.45. The van der Waals surface area contributed by atoms with Crippen molar-refractivity contribution in [3.05, 3.63) is 70.9 Å². The number of nitrogens with zero attached hydrogens (tertiary/aromatic N) is 5. The van der Waals surface area contributed by atoms with Crippen molar-refractivity contribution < 1.29 is 0 Å². The zero-order chi connectivity index (χ0) is 18.6. The number of benzene rings is 1. The van der Waals surface area contributed by atoms with Gasteiger partial charge in [-0.15, -0.1) is 0 Å². The van der Waals surface area contributed by atoms with Crippen molar-refractivity contribution in [2.24, 2.45) is 7.05 Å². The fourth-order valence-corrected chi connectivity index (χ4v) is 3.43. The molecule has 0 bridgehead atoms. The first kappa shape index (κ1) is 17.4. The zero-order valence-corrected chi connectivity index (χ0v) is 15.2. The summed E-state index contributed by atoms with van der Waals surface area (Å²) < 4.78 is 1.61. The standard InChI is InChI=1S/C20H22N6O/c1-25-19(27)12-18(17-7-8-21-14-23-17)24-20(25)26-10-9-22-16(13-26)11-15-5-3-2-4-6-15/h2-8,12,14,16,22H,9-11,13H2,1H3/t16-/m0/s1. The number of hydrogen-bond donors (Lipinski definition) is 1. The molecule has 1 aliphatic heterocycles. The molecule has 0 saturated carbocycles. The Kier molecular flexibility index (Phi) is 4.93. The second-order valence-corrected chi connectivity index (χ2v) is 6.72. The summed E-state index contributed by atoms with van der Waals surface area (Å²) in [6, 6.07) is 14.0. The Labute approximate surface area is 157 Å². The van der Waals surface area contributed by atoms with E-state index >= 15 is 0 Å². The number of hydrogen-bond acceptors (Lipinski definition) is 6. The molecule has 1 atom stereocenters. The highest BCUT2D eigenvalue weighted by atomic mass is 16.1. The van der Waals surface area contributed by atoms with Gasteiger partial charge in [-0.3, -0.25) is 9.36 Å². The molecule has 0 spiro atoms. The van der Waals surface area contributed by atoms with E-state index in [0.29, 0.717) is 23.4 Å². The van der Waals surface area contributed by atoms with Crippen LogP contribution in [-0.2, 0) is 13.5 Å². The first-order chi connectivity index (χ1) is 13.2. The highest BCUT2D eigenvalue weighted by Crippen LogP contribution is 2.18. The van der Waals surface area contributed by atoms with Crippen LogP contribution in [-0.4, -0.2) is 45.2 Å². The van der Waals surface area contributed by atoms with E-state index < -0.39 is 0 Å². The Hall–Kier alpha value is -3.06. The Morgan fingerprint density at radius 2 is 2.04 bits per heavy atom. The maximum absolute atomic E-state index is 12.5. The van der Waals surface area contributed by atoms with E-state index in [0.717, 1.165) is 26.1 Å². The summed E-state index contributed by atoms with van der Waals surface area (Å²) in [6.07, 6.45) is 4.06. The van der Waals surface area contributed by atoms with Gasteiger partial charge in [-0.05, 0) is 18.1 Å². The highest BCUT2D eigenvalue weighted by molar-refractivity contribution is 5.55. The maximum atomic E-state index is 12.5. The smallest absolute Gasteiger partial charge is 0.255 e. The van der Waals surface area contributed by atoms with Gasteiger partial charge in [0.2, 0.25) is 5.95 Å². The number of aromatic nitrogens is 4. The summed E-state index contributed by atoms with van der Waals surface area (Å²) in [5.74, 6) is 0.677. The molecule has 1 aliphatic rings. The van der Waals surface area contributed by atoms with Crippen molar-refractivity contribution in [3.8, 4) is 11.4 Å². The van der Waals surface area contributed by atoms with Crippen LogP contribution in [0.4, 0.5) is 5.95 Å². The molecule has 0 radical (unpaired) electrons. The first-order valence-corrected chi connectivity index (χ1v) is 9.07. The van der Waals surface area contributed by atoms with E-state index in [2.05, 4.69) is 44.5 Å². The van der Waals surface area contributed by atoms with Crippen LogP contribution in [0.15, 0.2) is 59.8 Å². The number of rotatable bonds is 4. The summed E-state index contributed by atoms with van der Waals surface area (Å²) >= 11 is 0. The van der Waals surface area contributed by atoms with Gasteiger partial charge in [-0.25, -0.2) is 15.0 Å². The Balaban J connectivity index is 1.60. The largest absolute Gasteiger partial charge is 0.339 e. The van der Waals surface area contributed by atoms with Crippen LogP contribution in [0.3, 0.4) is 0 Å². The molecule has 1 saturated heterocycles. The lowest BCUT2D eigenvalue weighted by atomic mass is 10.0. The molecule has 1 N–H and O–H groups in total. The average molecular weight is 362 g/mol. The Morgan fingerprint density at radius 1 is 1.19 bits per heavy atom. The number of piperazine rings is 1. The highest BCUT2D eigenvalue weighted by Gasteiger charge is 2.23. The van der Waals surface area contributed by atoms with Crippen LogP contribution in [0.2, 0.25) is 0 Å². The predicted molar refractivity (Wildman–Crippen MR) is 105 cm³/mol. The van der Waals surface area contributed by atoms with Crippen LogP contribution in [0, 0.1) is 0 Å². The molecule has 0 amide bonds. The fraction of sp³-hybridized carbons (Fsp3) is 0.300. The molecule has 138 valence electrons. The fourth-order valence-electron chi connectivity index (χ4n) is 3.43. The quantitative estimate of drug-likeness (QED) is 0.753. The van der Waals surface area contributed by atoms with Crippen LogP contribution in [0.25, 0.3) is 11.4 Å². The molecule has 1 aromatic carbocycles. The third-order valence-corrected chi connectivity index (χ3v) is 4.82. The van der Waals surface area contributed by atoms with E-state index in [9.17, 15) is 4.79 Å². The Bertz CT molecular complexity index is 957. The average Bonchev–Trinajstić information content (AvgIpc) is 2.71. The second kappa shape index (κ2) is 7.67. The molecule has 2 aromatic heterocycles. The van der Waals surface area contributed by atoms with E-state index in [4.69, 9.17) is 4.98 Å². The van der Waals surface area contributed by atoms with Gasteiger partial charge in [0.05, 0.1) is 11.4 Å². The molecule has 7 nitrogen and oxygen atoms in total.